The molecule has 0 heterocycles. The maximum atomic E-state index is 12.3. The highest BCUT2D eigenvalue weighted by Crippen LogP contribution is 2.20. The Balaban J connectivity index is 2.33. The Bertz CT molecular complexity index is 751. The molecule has 0 saturated carbocycles. The zero-order valence-corrected chi connectivity index (χ0v) is 12.2. The van der Waals surface area contributed by atoms with Gasteiger partial charge in [0, 0.05) is 0 Å². The van der Waals surface area contributed by atoms with Gasteiger partial charge in [-0.2, -0.15) is 0 Å². The van der Waals surface area contributed by atoms with Gasteiger partial charge in [-0.15, -0.1) is 0 Å². The van der Waals surface area contributed by atoms with Crippen LogP contribution in [0.3, 0.4) is 0 Å². The summed E-state index contributed by atoms with van der Waals surface area (Å²) in [6.45, 7) is 1.87. The van der Waals surface area contributed by atoms with Crippen LogP contribution in [0, 0.1) is 6.92 Å². The molecule has 0 unspecified atom stereocenters. The molecule has 2 aromatic carbocycles. The summed E-state index contributed by atoms with van der Waals surface area (Å²) < 4.78 is 27.0. The SMILES string of the molecule is Cc1ccc(S(=O)(=O)Nc2ccccc2CC(=O)O)cc1. The Kier molecular flexibility index (Phi) is 4.28. The van der Waals surface area contributed by atoms with Crippen molar-refractivity contribution in [2.75, 3.05) is 4.72 Å². The molecule has 0 radical (unpaired) electrons. The first-order valence-corrected chi connectivity index (χ1v) is 7.76. The smallest absolute Gasteiger partial charge is 0.307 e. The van der Waals surface area contributed by atoms with Crippen LogP contribution in [0.15, 0.2) is 53.4 Å². The van der Waals surface area contributed by atoms with Gasteiger partial charge in [-0.3, -0.25) is 9.52 Å². The number of carbonyl (C=O) groups is 1. The van der Waals surface area contributed by atoms with Crippen LogP contribution in [-0.4, -0.2) is 19.5 Å². The molecule has 21 heavy (non-hydrogen) atoms. The normalized spacial score (nSPS) is 11.1. The number of anilines is 1. The first-order chi connectivity index (χ1) is 9.88. The molecule has 0 amide bonds. The van der Waals surface area contributed by atoms with Gasteiger partial charge in [0.1, 0.15) is 0 Å². The molecule has 0 fully saturated rings. The van der Waals surface area contributed by atoms with Crippen molar-refractivity contribution in [2.45, 2.75) is 18.2 Å². The molecule has 0 saturated heterocycles. The molecule has 0 atom stereocenters. The van der Waals surface area contributed by atoms with Gasteiger partial charge in [-0.05, 0) is 30.7 Å². The third-order valence-electron chi connectivity index (χ3n) is 2.93. The average molecular weight is 305 g/mol. The van der Waals surface area contributed by atoms with Crippen LogP contribution < -0.4 is 4.72 Å². The molecule has 2 N–H and O–H groups in total. The lowest BCUT2D eigenvalue weighted by Gasteiger charge is -2.11. The van der Waals surface area contributed by atoms with Crippen LogP contribution in [0.25, 0.3) is 0 Å². The molecule has 5 nitrogen and oxygen atoms in total. The zero-order valence-electron chi connectivity index (χ0n) is 11.4. The molecule has 2 aromatic rings. The van der Waals surface area contributed by atoms with Crippen molar-refractivity contribution < 1.29 is 18.3 Å². The van der Waals surface area contributed by atoms with E-state index in [1.165, 1.54) is 12.1 Å². The second-order valence-electron chi connectivity index (χ2n) is 4.65. The summed E-state index contributed by atoms with van der Waals surface area (Å²) in [7, 11) is -3.73. The quantitative estimate of drug-likeness (QED) is 0.888. The molecular formula is C15H15NO4S. The summed E-state index contributed by atoms with van der Waals surface area (Å²) in [5.74, 6) is -1.02. The maximum absolute atomic E-state index is 12.3. The number of para-hydroxylation sites is 1. The van der Waals surface area contributed by atoms with E-state index < -0.39 is 16.0 Å². The number of hydrogen-bond acceptors (Lipinski definition) is 3. The van der Waals surface area contributed by atoms with E-state index in [9.17, 15) is 13.2 Å². The van der Waals surface area contributed by atoms with Crippen molar-refractivity contribution in [3.63, 3.8) is 0 Å². The van der Waals surface area contributed by atoms with E-state index in [2.05, 4.69) is 4.72 Å². The van der Waals surface area contributed by atoms with Crippen LogP contribution in [0.1, 0.15) is 11.1 Å². The van der Waals surface area contributed by atoms with E-state index in [-0.39, 0.29) is 17.0 Å². The van der Waals surface area contributed by atoms with Gasteiger partial charge >= 0.3 is 5.97 Å². The van der Waals surface area contributed by atoms with Crippen molar-refractivity contribution in [3.05, 3.63) is 59.7 Å². The fourth-order valence-corrected chi connectivity index (χ4v) is 2.96. The first kappa shape index (κ1) is 15.1. The van der Waals surface area contributed by atoms with Gasteiger partial charge < -0.3 is 5.11 Å². The summed E-state index contributed by atoms with van der Waals surface area (Å²) >= 11 is 0. The monoisotopic (exact) mass is 305 g/mol. The van der Waals surface area contributed by atoms with E-state index >= 15 is 0 Å². The third kappa shape index (κ3) is 3.82. The fraction of sp³-hybridized carbons (Fsp3) is 0.133. The number of aryl methyl sites for hydroxylation is 1. The molecular weight excluding hydrogens is 290 g/mol. The van der Waals surface area contributed by atoms with Gasteiger partial charge in [0.25, 0.3) is 10.0 Å². The molecule has 0 aliphatic carbocycles. The standard InChI is InChI=1S/C15H15NO4S/c1-11-6-8-13(9-7-11)21(19,20)16-14-5-3-2-4-12(14)10-15(17)18/h2-9,16H,10H2,1H3,(H,17,18). The van der Waals surface area contributed by atoms with Gasteiger partial charge in [-0.25, -0.2) is 8.42 Å². The van der Waals surface area contributed by atoms with Gasteiger partial charge in [0.2, 0.25) is 0 Å². The van der Waals surface area contributed by atoms with Crippen LogP contribution in [0.2, 0.25) is 0 Å². The highest BCUT2D eigenvalue weighted by Gasteiger charge is 2.16. The lowest BCUT2D eigenvalue weighted by atomic mass is 10.1. The van der Waals surface area contributed by atoms with E-state index in [1.54, 1.807) is 36.4 Å². The maximum Gasteiger partial charge on any atom is 0.307 e. The topological polar surface area (TPSA) is 83.5 Å². The highest BCUT2D eigenvalue weighted by atomic mass is 32.2. The molecule has 0 bridgehead atoms. The summed E-state index contributed by atoms with van der Waals surface area (Å²) in [6, 6.07) is 12.9. The Hall–Kier alpha value is -2.34. The molecule has 2 rings (SSSR count). The van der Waals surface area contributed by atoms with E-state index in [1.807, 2.05) is 6.92 Å². The predicted molar refractivity (Wildman–Crippen MR) is 79.8 cm³/mol. The average Bonchev–Trinajstić information content (AvgIpc) is 2.40. The van der Waals surface area contributed by atoms with Crippen LogP contribution in [0.4, 0.5) is 5.69 Å². The van der Waals surface area contributed by atoms with E-state index in [4.69, 9.17) is 5.11 Å². The molecule has 0 aliphatic rings. The van der Waals surface area contributed by atoms with Crippen molar-refractivity contribution in [1.29, 1.82) is 0 Å². The van der Waals surface area contributed by atoms with Crippen LogP contribution >= 0.6 is 0 Å². The number of nitrogens with one attached hydrogen (secondary N) is 1. The number of carboxylic acid groups (broad SMARTS) is 1. The third-order valence-corrected chi connectivity index (χ3v) is 4.32. The summed E-state index contributed by atoms with van der Waals surface area (Å²) in [6.07, 6.45) is -0.243. The number of hydrogen-bond donors (Lipinski definition) is 2. The highest BCUT2D eigenvalue weighted by molar-refractivity contribution is 7.92. The molecule has 0 spiro atoms. The Morgan fingerprint density at radius 2 is 1.71 bits per heavy atom. The number of aliphatic carboxylic acids is 1. The fourth-order valence-electron chi connectivity index (χ4n) is 1.86. The minimum absolute atomic E-state index is 0.137. The number of carboxylic acids is 1. The Morgan fingerprint density at radius 1 is 1.10 bits per heavy atom. The van der Waals surface area contributed by atoms with E-state index in [0.29, 0.717) is 5.56 Å². The molecule has 6 heteroatoms. The number of rotatable bonds is 5. The van der Waals surface area contributed by atoms with Gasteiger partial charge in [-0.1, -0.05) is 35.9 Å². The van der Waals surface area contributed by atoms with Crippen LogP contribution in [-0.2, 0) is 21.2 Å². The summed E-state index contributed by atoms with van der Waals surface area (Å²) in [5, 5.41) is 8.86. The van der Waals surface area contributed by atoms with Crippen molar-refractivity contribution in [2.24, 2.45) is 0 Å². The Morgan fingerprint density at radius 3 is 2.33 bits per heavy atom. The Labute approximate surface area is 123 Å². The van der Waals surface area contributed by atoms with Crippen molar-refractivity contribution in [1.82, 2.24) is 0 Å². The second-order valence-corrected chi connectivity index (χ2v) is 6.33. The zero-order chi connectivity index (χ0) is 15.5. The molecule has 110 valence electrons. The minimum Gasteiger partial charge on any atom is -0.481 e. The molecule has 0 aliphatic heterocycles. The summed E-state index contributed by atoms with van der Waals surface area (Å²) in [5.41, 5.74) is 1.65. The second kappa shape index (κ2) is 5.97. The summed E-state index contributed by atoms with van der Waals surface area (Å²) in [4.78, 5) is 11.0. The van der Waals surface area contributed by atoms with E-state index in [0.717, 1.165) is 5.56 Å². The number of benzene rings is 2. The lowest BCUT2D eigenvalue weighted by molar-refractivity contribution is -0.136. The molecule has 0 aromatic heterocycles. The first-order valence-electron chi connectivity index (χ1n) is 6.28. The minimum atomic E-state index is -3.73. The van der Waals surface area contributed by atoms with Gasteiger partial charge in [0.05, 0.1) is 17.0 Å². The van der Waals surface area contributed by atoms with Crippen molar-refractivity contribution >= 4 is 21.7 Å². The number of sulfonamides is 1. The lowest BCUT2D eigenvalue weighted by Crippen LogP contribution is -2.15. The van der Waals surface area contributed by atoms with Crippen molar-refractivity contribution in [3.8, 4) is 0 Å². The van der Waals surface area contributed by atoms with Crippen LogP contribution in [0.5, 0.6) is 0 Å². The largest absolute Gasteiger partial charge is 0.481 e. The predicted octanol–water partition coefficient (Wildman–Crippen LogP) is 2.42. The van der Waals surface area contributed by atoms with Gasteiger partial charge in [0.15, 0.2) is 0 Å².